The van der Waals surface area contributed by atoms with Crippen LogP contribution in [-0.4, -0.2) is 17.8 Å². The molecule has 0 unspecified atom stereocenters. The number of carbonyl (C=O) groups excluding carboxylic acids is 3. The van der Waals surface area contributed by atoms with E-state index < -0.39 is 5.97 Å². The van der Waals surface area contributed by atoms with Gasteiger partial charge in [-0.05, 0) is 42.5 Å². The van der Waals surface area contributed by atoms with E-state index in [9.17, 15) is 14.4 Å². The molecule has 1 saturated heterocycles. The molecule has 3 aromatic rings. The molecule has 0 radical (unpaired) electrons. The largest absolute Gasteiger partial charge is 0.422 e. The molecule has 0 aromatic heterocycles. The zero-order chi connectivity index (χ0) is 20.7. The first-order chi connectivity index (χ1) is 14.6. The molecule has 2 amide bonds. The summed E-state index contributed by atoms with van der Waals surface area (Å²) in [5.74, 6) is -1.09. The van der Waals surface area contributed by atoms with Crippen molar-refractivity contribution in [3.05, 3.63) is 84.4 Å². The summed E-state index contributed by atoms with van der Waals surface area (Å²) in [6.07, 6.45) is 5.06. The third kappa shape index (κ3) is 2.99. The highest BCUT2D eigenvalue weighted by atomic mass is 16.5. The number of fused-ring (bicyclic) bond motifs is 2. The van der Waals surface area contributed by atoms with Gasteiger partial charge in [-0.15, -0.1) is 0 Å². The van der Waals surface area contributed by atoms with Gasteiger partial charge in [0.15, 0.2) is 0 Å². The molecular weight excluding hydrogens is 378 g/mol. The monoisotopic (exact) mass is 397 g/mol. The van der Waals surface area contributed by atoms with Crippen molar-refractivity contribution in [3.63, 3.8) is 0 Å². The standard InChI is InChI=1S/C25H19NO4/c27-23-20-12-3-4-13-21(20)24(28)26(23)18-10-5-9-17(15-18)25(29)30-22-14-6-8-16-7-1-2-11-19(16)22/h1-11,14-15,20-21H,12-13H2/t20-,21-/m1/s1. The summed E-state index contributed by atoms with van der Waals surface area (Å²) in [5.41, 5.74) is 0.695. The molecule has 5 heteroatoms. The van der Waals surface area contributed by atoms with E-state index in [4.69, 9.17) is 4.74 Å². The van der Waals surface area contributed by atoms with E-state index in [1.54, 1.807) is 30.3 Å². The Morgan fingerprint density at radius 2 is 1.50 bits per heavy atom. The molecule has 0 saturated carbocycles. The van der Waals surface area contributed by atoms with E-state index in [1.807, 2.05) is 48.6 Å². The van der Waals surface area contributed by atoms with Crippen LogP contribution in [0.4, 0.5) is 5.69 Å². The van der Waals surface area contributed by atoms with Crippen molar-refractivity contribution in [1.82, 2.24) is 0 Å². The Hall–Kier alpha value is -3.73. The third-order valence-electron chi connectivity index (χ3n) is 5.80. The Kier molecular flexibility index (Phi) is 4.43. The number of nitrogens with zero attached hydrogens (tertiary/aromatic N) is 1. The van der Waals surface area contributed by atoms with E-state index in [0.717, 1.165) is 10.8 Å². The SMILES string of the molecule is O=C(Oc1cccc2ccccc12)c1cccc(N2C(=O)[C@@H]3CC=CC[C@H]3C2=O)c1. The van der Waals surface area contributed by atoms with Gasteiger partial charge in [-0.2, -0.15) is 0 Å². The Balaban J connectivity index is 1.43. The van der Waals surface area contributed by atoms with Gasteiger partial charge in [0, 0.05) is 5.39 Å². The van der Waals surface area contributed by atoms with Crippen molar-refractivity contribution in [2.45, 2.75) is 12.8 Å². The normalized spacial score (nSPS) is 20.5. The Morgan fingerprint density at radius 1 is 0.833 bits per heavy atom. The molecule has 1 aliphatic carbocycles. The highest BCUT2D eigenvalue weighted by Crippen LogP contribution is 2.38. The average molecular weight is 397 g/mol. The van der Waals surface area contributed by atoms with Crippen LogP contribution in [0.25, 0.3) is 10.8 Å². The van der Waals surface area contributed by atoms with Crippen LogP contribution in [0.5, 0.6) is 5.75 Å². The molecule has 0 N–H and O–H groups in total. The number of ether oxygens (including phenoxy) is 1. The van der Waals surface area contributed by atoms with E-state index in [-0.39, 0.29) is 29.2 Å². The van der Waals surface area contributed by atoms with Crippen molar-refractivity contribution >= 4 is 34.2 Å². The van der Waals surface area contributed by atoms with Crippen LogP contribution in [-0.2, 0) is 9.59 Å². The number of anilines is 1. The van der Waals surface area contributed by atoms with Crippen LogP contribution in [0, 0.1) is 11.8 Å². The minimum absolute atomic E-state index is 0.200. The summed E-state index contributed by atoms with van der Waals surface area (Å²) in [6.45, 7) is 0. The predicted molar refractivity (Wildman–Crippen MR) is 113 cm³/mol. The number of benzene rings is 3. The summed E-state index contributed by atoms with van der Waals surface area (Å²) < 4.78 is 5.64. The van der Waals surface area contributed by atoms with Crippen molar-refractivity contribution in [2.75, 3.05) is 4.90 Å². The van der Waals surface area contributed by atoms with Crippen LogP contribution in [0.3, 0.4) is 0 Å². The maximum Gasteiger partial charge on any atom is 0.343 e. The summed E-state index contributed by atoms with van der Waals surface area (Å²) in [5, 5.41) is 1.81. The Labute approximate surface area is 173 Å². The summed E-state index contributed by atoms with van der Waals surface area (Å²) in [6, 6.07) is 19.7. The fraction of sp³-hybridized carbons (Fsp3) is 0.160. The van der Waals surface area contributed by atoms with Crippen molar-refractivity contribution < 1.29 is 19.1 Å². The second-order valence-corrected chi connectivity index (χ2v) is 7.58. The second kappa shape index (κ2) is 7.26. The number of esters is 1. The lowest BCUT2D eigenvalue weighted by atomic mass is 9.85. The average Bonchev–Trinajstić information content (AvgIpc) is 3.04. The third-order valence-corrected chi connectivity index (χ3v) is 5.80. The summed E-state index contributed by atoms with van der Waals surface area (Å²) >= 11 is 0. The van der Waals surface area contributed by atoms with Crippen LogP contribution >= 0.6 is 0 Å². The van der Waals surface area contributed by atoms with Crippen LogP contribution in [0.1, 0.15) is 23.2 Å². The molecule has 1 fully saturated rings. The first kappa shape index (κ1) is 18.3. The van der Waals surface area contributed by atoms with Gasteiger partial charge in [-0.25, -0.2) is 4.79 Å². The van der Waals surface area contributed by atoms with Crippen molar-refractivity contribution in [2.24, 2.45) is 11.8 Å². The Bertz CT molecular complexity index is 1180. The number of hydrogen-bond acceptors (Lipinski definition) is 4. The molecule has 2 atom stereocenters. The molecule has 1 aliphatic heterocycles. The van der Waals surface area contributed by atoms with Gasteiger partial charge in [0.05, 0.1) is 23.1 Å². The van der Waals surface area contributed by atoms with Crippen LogP contribution in [0.15, 0.2) is 78.9 Å². The van der Waals surface area contributed by atoms with Gasteiger partial charge in [0.1, 0.15) is 5.75 Å². The number of hydrogen-bond donors (Lipinski definition) is 0. The van der Waals surface area contributed by atoms with Crippen molar-refractivity contribution in [1.29, 1.82) is 0 Å². The molecule has 5 nitrogen and oxygen atoms in total. The van der Waals surface area contributed by atoms with Gasteiger partial charge < -0.3 is 4.74 Å². The number of carbonyl (C=O) groups is 3. The number of imide groups is 1. The highest BCUT2D eigenvalue weighted by Gasteiger charge is 2.47. The molecular formula is C25H19NO4. The number of allylic oxidation sites excluding steroid dienone is 2. The Morgan fingerprint density at radius 3 is 2.27 bits per heavy atom. The number of amides is 2. The highest BCUT2D eigenvalue weighted by molar-refractivity contribution is 6.22. The lowest BCUT2D eigenvalue weighted by Crippen LogP contribution is -2.31. The fourth-order valence-electron chi connectivity index (χ4n) is 4.27. The maximum absolute atomic E-state index is 12.8. The zero-order valence-corrected chi connectivity index (χ0v) is 16.2. The molecule has 0 bridgehead atoms. The van der Waals surface area contributed by atoms with Gasteiger partial charge in [-0.3, -0.25) is 14.5 Å². The molecule has 1 heterocycles. The summed E-state index contributed by atoms with van der Waals surface area (Å²) in [4.78, 5) is 39.7. The van der Waals surface area contributed by atoms with Crippen LogP contribution in [0.2, 0.25) is 0 Å². The first-order valence-electron chi connectivity index (χ1n) is 9.96. The summed E-state index contributed by atoms with van der Waals surface area (Å²) in [7, 11) is 0. The lowest BCUT2D eigenvalue weighted by Gasteiger charge is -2.16. The minimum atomic E-state index is -0.536. The maximum atomic E-state index is 12.8. The minimum Gasteiger partial charge on any atom is -0.422 e. The first-order valence-corrected chi connectivity index (χ1v) is 9.96. The van der Waals surface area contributed by atoms with Gasteiger partial charge in [0.2, 0.25) is 11.8 Å². The molecule has 3 aromatic carbocycles. The van der Waals surface area contributed by atoms with Gasteiger partial charge in [0.25, 0.3) is 0 Å². The molecule has 148 valence electrons. The predicted octanol–water partition coefficient (Wildman–Crippen LogP) is 4.51. The number of rotatable bonds is 3. The van der Waals surface area contributed by atoms with E-state index in [2.05, 4.69) is 0 Å². The van der Waals surface area contributed by atoms with Gasteiger partial charge in [-0.1, -0.05) is 54.6 Å². The topological polar surface area (TPSA) is 63.7 Å². The van der Waals surface area contributed by atoms with Gasteiger partial charge >= 0.3 is 5.97 Å². The molecule has 0 spiro atoms. The molecule has 30 heavy (non-hydrogen) atoms. The second-order valence-electron chi connectivity index (χ2n) is 7.58. The van der Waals surface area contributed by atoms with E-state index in [0.29, 0.717) is 24.3 Å². The molecule has 5 rings (SSSR count). The quantitative estimate of drug-likeness (QED) is 0.282. The lowest BCUT2D eigenvalue weighted by molar-refractivity contribution is -0.122. The molecule has 2 aliphatic rings. The zero-order valence-electron chi connectivity index (χ0n) is 16.2. The van der Waals surface area contributed by atoms with Crippen molar-refractivity contribution in [3.8, 4) is 5.75 Å². The van der Waals surface area contributed by atoms with E-state index >= 15 is 0 Å². The van der Waals surface area contributed by atoms with E-state index in [1.165, 1.54) is 4.90 Å². The fourth-order valence-corrected chi connectivity index (χ4v) is 4.27. The van der Waals surface area contributed by atoms with Crippen LogP contribution < -0.4 is 9.64 Å². The smallest absolute Gasteiger partial charge is 0.343 e.